The number of carboxylic acid groups (broad SMARTS) is 1. The maximum absolute atomic E-state index is 12.9. The van der Waals surface area contributed by atoms with Gasteiger partial charge in [0.25, 0.3) is 5.91 Å². The van der Waals surface area contributed by atoms with E-state index in [4.69, 9.17) is 4.74 Å². The molecule has 0 spiro atoms. The molecule has 2 fully saturated rings. The second-order valence-electron chi connectivity index (χ2n) is 11.3. The van der Waals surface area contributed by atoms with Gasteiger partial charge in [0.2, 0.25) is 0 Å². The Morgan fingerprint density at radius 1 is 1.23 bits per heavy atom. The number of methoxy groups -OCH3 is 1. The molecule has 9 nitrogen and oxygen atoms in total. The minimum Gasteiger partial charge on any atom is -0.497 e. The van der Waals surface area contributed by atoms with Crippen molar-refractivity contribution in [2.75, 3.05) is 21.2 Å². The first kappa shape index (κ1) is 28.2. The van der Waals surface area contributed by atoms with Crippen molar-refractivity contribution in [3.8, 4) is 17.0 Å². The van der Waals surface area contributed by atoms with Crippen molar-refractivity contribution < 1.29 is 27.9 Å². The lowest BCUT2D eigenvalue weighted by Crippen LogP contribution is -2.40. The van der Waals surface area contributed by atoms with Gasteiger partial charge in [0.1, 0.15) is 5.75 Å². The van der Waals surface area contributed by atoms with Gasteiger partial charge in [-0.1, -0.05) is 31.9 Å². The fraction of sp³-hybridized carbons (Fsp3) is 0.467. The highest BCUT2D eigenvalue weighted by Gasteiger charge is 2.63. The van der Waals surface area contributed by atoms with Crippen LogP contribution < -0.4 is 20.0 Å². The number of amides is 1. The molecule has 40 heavy (non-hydrogen) atoms. The molecule has 1 aliphatic heterocycles. The Labute approximate surface area is 235 Å². The Hall–Kier alpha value is -3.37. The molecule has 2 aromatic rings. The standard InChI is InChI=1S/C30H37N3O6S/c1-6-21-25(14-18(2)28(34)31-40(37,38)32(3)4)33-17-30(29(35)36)16-24(30)23-15-20(39-5)12-13-22(23)27(33)26(21)19-10-8-7-9-11-19/h6,12-15,19,24H,2,7-11,16-17H2,1,3-5H3,(H,31,34)(H,35,36). The molecular formula is C30H37N3O6S. The van der Waals surface area contributed by atoms with Crippen LogP contribution in [-0.4, -0.2) is 55.5 Å². The number of aliphatic carboxylic acids is 1. The van der Waals surface area contributed by atoms with Gasteiger partial charge in [-0.2, -0.15) is 12.7 Å². The van der Waals surface area contributed by atoms with Crippen LogP contribution >= 0.6 is 0 Å². The number of ether oxygens (including phenoxy) is 1. The van der Waals surface area contributed by atoms with Gasteiger partial charge in [-0.05, 0) is 72.7 Å². The quantitative estimate of drug-likeness (QED) is 0.497. The Morgan fingerprint density at radius 3 is 2.52 bits per heavy atom. The van der Waals surface area contributed by atoms with E-state index < -0.39 is 27.5 Å². The minimum atomic E-state index is -4.01. The van der Waals surface area contributed by atoms with E-state index in [9.17, 15) is 23.1 Å². The van der Waals surface area contributed by atoms with Crippen LogP contribution in [-0.2, 0) is 26.3 Å². The average Bonchev–Trinajstić information content (AvgIpc) is 3.60. The molecule has 0 saturated heterocycles. The highest BCUT2D eigenvalue weighted by atomic mass is 32.2. The maximum atomic E-state index is 12.9. The molecule has 2 N–H and O–H groups in total. The summed E-state index contributed by atoms with van der Waals surface area (Å²) in [7, 11) is 0.267. The topological polar surface area (TPSA) is 118 Å². The summed E-state index contributed by atoms with van der Waals surface area (Å²) in [5, 5.41) is 12.1. The molecule has 2 heterocycles. The summed E-state index contributed by atoms with van der Waals surface area (Å²) in [4.78, 5) is 25.7. The van der Waals surface area contributed by atoms with Crippen LogP contribution in [0.4, 0.5) is 0 Å². The molecule has 1 amide bonds. The van der Waals surface area contributed by atoms with Crippen LogP contribution in [0.15, 0.2) is 30.4 Å². The molecule has 214 valence electrons. The van der Waals surface area contributed by atoms with Crippen LogP contribution in [0.5, 0.6) is 5.75 Å². The number of nitrogens with zero attached hydrogens (tertiary/aromatic N) is 2. The summed E-state index contributed by atoms with van der Waals surface area (Å²) < 4.78 is 35.2. The van der Waals surface area contributed by atoms with Crippen molar-refractivity contribution in [1.82, 2.24) is 13.6 Å². The van der Waals surface area contributed by atoms with Gasteiger partial charge in [-0.25, -0.2) is 4.72 Å². The van der Waals surface area contributed by atoms with Crippen LogP contribution in [0.25, 0.3) is 23.4 Å². The summed E-state index contributed by atoms with van der Waals surface area (Å²) >= 11 is 0. The highest BCUT2D eigenvalue weighted by molar-refractivity contribution is 7.87. The SMILES string of the molecule is C=C(C=c1c(=CC)c(C2CCCCC2)c2n1CC1(C(=O)O)CC1c1cc(OC)ccc1-2)C(=O)NS(=O)(=O)N(C)C. The number of hydrogen-bond acceptors (Lipinski definition) is 5. The van der Waals surface area contributed by atoms with Crippen molar-refractivity contribution in [2.24, 2.45) is 5.41 Å². The summed E-state index contributed by atoms with van der Waals surface area (Å²) in [6, 6.07) is 5.90. The molecule has 1 aromatic carbocycles. The zero-order valence-corrected chi connectivity index (χ0v) is 24.3. The van der Waals surface area contributed by atoms with Gasteiger partial charge in [-0.15, -0.1) is 0 Å². The van der Waals surface area contributed by atoms with Crippen LogP contribution in [0.3, 0.4) is 0 Å². The molecule has 10 heteroatoms. The van der Waals surface area contributed by atoms with Crippen LogP contribution in [0.1, 0.15) is 68.4 Å². The second kappa shape index (κ2) is 10.2. The Kier molecular flexibility index (Phi) is 7.20. The van der Waals surface area contributed by atoms with E-state index in [2.05, 4.69) is 6.58 Å². The van der Waals surface area contributed by atoms with E-state index in [1.807, 2.05) is 40.5 Å². The molecule has 5 rings (SSSR count). The predicted octanol–water partition coefficient (Wildman–Crippen LogP) is 2.84. The molecule has 3 aliphatic rings. The van der Waals surface area contributed by atoms with Gasteiger partial charge in [-0.3, -0.25) is 9.59 Å². The molecule has 2 atom stereocenters. The van der Waals surface area contributed by atoms with E-state index >= 15 is 0 Å². The van der Waals surface area contributed by atoms with Crippen molar-refractivity contribution >= 4 is 34.2 Å². The summed E-state index contributed by atoms with van der Waals surface area (Å²) in [5.74, 6) is -0.877. The van der Waals surface area contributed by atoms with Crippen molar-refractivity contribution in [3.63, 3.8) is 0 Å². The van der Waals surface area contributed by atoms with Crippen molar-refractivity contribution in [3.05, 3.63) is 52.0 Å². The number of nitrogens with one attached hydrogen (secondary N) is 1. The molecule has 1 aromatic heterocycles. The van der Waals surface area contributed by atoms with E-state index in [0.29, 0.717) is 17.5 Å². The Balaban J connectivity index is 1.79. The third-order valence-corrected chi connectivity index (χ3v) is 10.2. The molecule has 2 unspecified atom stereocenters. The zero-order chi connectivity index (χ0) is 29.0. The lowest BCUT2D eigenvalue weighted by Gasteiger charge is -2.24. The van der Waals surface area contributed by atoms with Gasteiger partial charge >= 0.3 is 16.2 Å². The zero-order valence-electron chi connectivity index (χ0n) is 23.5. The number of rotatable bonds is 7. The predicted molar refractivity (Wildman–Crippen MR) is 153 cm³/mol. The first-order chi connectivity index (χ1) is 18.9. The maximum Gasteiger partial charge on any atom is 0.312 e. The van der Waals surface area contributed by atoms with Gasteiger partial charge in [0.15, 0.2) is 0 Å². The van der Waals surface area contributed by atoms with Crippen LogP contribution in [0, 0.1) is 5.41 Å². The van der Waals surface area contributed by atoms with Crippen molar-refractivity contribution in [1.29, 1.82) is 0 Å². The highest BCUT2D eigenvalue weighted by Crippen LogP contribution is 2.64. The second-order valence-corrected chi connectivity index (χ2v) is 13.2. The lowest BCUT2D eigenvalue weighted by atomic mass is 9.81. The third-order valence-electron chi connectivity index (χ3n) is 8.82. The van der Waals surface area contributed by atoms with E-state index in [1.165, 1.54) is 20.5 Å². The number of fused-ring (bicyclic) bond motifs is 5. The first-order valence-electron chi connectivity index (χ1n) is 13.7. The fourth-order valence-electron chi connectivity index (χ4n) is 6.55. The van der Waals surface area contributed by atoms with Gasteiger partial charge in [0.05, 0.1) is 18.2 Å². The van der Waals surface area contributed by atoms with E-state index in [0.717, 1.165) is 57.6 Å². The van der Waals surface area contributed by atoms with Crippen LogP contribution in [0.2, 0.25) is 0 Å². The number of carbonyl (C=O) groups excluding carboxylic acids is 1. The number of carbonyl (C=O) groups is 2. The number of aromatic nitrogens is 1. The molecule has 2 aliphatic carbocycles. The smallest absolute Gasteiger partial charge is 0.312 e. The minimum absolute atomic E-state index is 0.0278. The van der Waals surface area contributed by atoms with Gasteiger partial charge in [0, 0.05) is 43.0 Å². The largest absolute Gasteiger partial charge is 0.497 e. The third kappa shape index (κ3) is 4.56. The first-order valence-corrected chi connectivity index (χ1v) is 15.1. The normalized spacial score (nSPS) is 23.2. The molecular weight excluding hydrogens is 530 g/mol. The number of benzene rings is 1. The van der Waals surface area contributed by atoms with E-state index in [-0.39, 0.29) is 24.0 Å². The van der Waals surface area contributed by atoms with E-state index in [1.54, 1.807) is 13.2 Å². The summed E-state index contributed by atoms with van der Waals surface area (Å²) in [5.41, 5.74) is 3.08. The Morgan fingerprint density at radius 2 is 1.93 bits per heavy atom. The molecule has 2 saturated carbocycles. The fourth-order valence-corrected chi connectivity index (χ4v) is 7.09. The summed E-state index contributed by atoms with van der Waals surface area (Å²) in [6.07, 6.45) is 9.60. The Bertz CT molecular complexity index is 1630. The number of carboxylic acids is 1. The van der Waals surface area contributed by atoms with Gasteiger partial charge < -0.3 is 14.4 Å². The number of hydrogen-bond donors (Lipinski definition) is 2. The molecule has 0 radical (unpaired) electrons. The van der Waals surface area contributed by atoms with Crippen molar-refractivity contribution in [2.45, 2.75) is 63.8 Å². The average molecular weight is 568 g/mol. The monoisotopic (exact) mass is 567 g/mol. The lowest BCUT2D eigenvalue weighted by molar-refractivity contribution is -0.144. The molecule has 0 bridgehead atoms. The summed E-state index contributed by atoms with van der Waals surface area (Å²) in [6.45, 7) is 6.09.